The van der Waals surface area contributed by atoms with Gasteiger partial charge in [0.2, 0.25) is 0 Å². The average molecular weight is 358 g/mol. The molecule has 2 rings (SSSR count). The Labute approximate surface area is 153 Å². The van der Waals surface area contributed by atoms with Crippen molar-refractivity contribution in [1.29, 1.82) is 0 Å². The van der Waals surface area contributed by atoms with Crippen LogP contribution in [0.3, 0.4) is 0 Å². The Hall–Kier alpha value is -2.60. The second-order valence-electron chi connectivity index (χ2n) is 5.50. The van der Waals surface area contributed by atoms with Crippen LogP contribution in [0.2, 0.25) is 0 Å². The van der Waals surface area contributed by atoms with Gasteiger partial charge in [-0.2, -0.15) is 0 Å². The number of thiocarbonyl (C=S) groups is 1. The van der Waals surface area contributed by atoms with E-state index < -0.39 is 0 Å². The van der Waals surface area contributed by atoms with Gasteiger partial charge >= 0.3 is 0 Å². The summed E-state index contributed by atoms with van der Waals surface area (Å²) in [6, 6.07) is 14.5. The van der Waals surface area contributed by atoms with E-state index >= 15 is 0 Å². The quantitative estimate of drug-likeness (QED) is 0.765. The summed E-state index contributed by atoms with van der Waals surface area (Å²) in [5.74, 6) is 0.862. The molecule has 132 valence electrons. The van der Waals surface area contributed by atoms with Gasteiger partial charge in [0, 0.05) is 0 Å². The predicted octanol–water partition coefficient (Wildman–Crippen LogP) is 4.00. The molecule has 0 atom stereocenters. The van der Waals surface area contributed by atoms with Gasteiger partial charge in [-0.25, -0.2) is 0 Å². The zero-order valence-corrected chi connectivity index (χ0v) is 15.4. The Morgan fingerprint density at radius 3 is 2.40 bits per heavy atom. The van der Waals surface area contributed by atoms with Crippen LogP contribution in [-0.4, -0.2) is 23.7 Å². The maximum Gasteiger partial charge on any atom is 0.261 e. The molecule has 0 aliphatic rings. The molecule has 0 heterocycles. The van der Waals surface area contributed by atoms with Crippen LogP contribution in [0.4, 0.5) is 5.69 Å². The van der Waals surface area contributed by atoms with Crippen molar-refractivity contribution in [2.75, 3.05) is 11.9 Å². The third kappa shape index (κ3) is 5.46. The van der Waals surface area contributed by atoms with Gasteiger partial charge in [-0.3, -0.25) is 10.1 Å². The molecule has 0 aromatic heterocycles. The van der Waals surface area contributed by atoms with E-state index in [1.165, 1.54) is 0 Å². The molecule has 2 N–H and O–H groups in total. The number of hydrogen-bond donors (Lipinski definition) is 2. The molecule has 5 nitrogen and oxygen atoms in total. The van der Waals surface area contributed by atoms with Crippen LogP contribution < -0.4 is 20.1 Å². The Morgan fingerprint density at radius 1 is 1.08 bits per heavy atom. The van der Waals surface area contributed by atoms with Crippen molar-refractivity contribution >= 4 is 28.9 Å². The number of para-hydroxylation sites is 3. The van der Waals surface area contributed by atoms with E-state index in [0.29, 0.717) is 29.4 Å². The van der Waals surface area contributed by atoms with Gasteiger partial charge < -0.3 is 14.8 Å². The fraction of sp³-hybridized carbons (Fsp3) is 0.263. The smallest absolute Gasteiger partial charge is 0.261 e. The number of amides is 1. The molecule has 0 unspecified atom stereocenters. The molecule has 0 spiro atoms. The minimum Gasteiger partial charge on any atom is -0.493 e. The monoisotopic (exact) mass is 358 g/mol. The number of carbonyl (C=O) groups excluding carboxylic acids is 1. The molecule has 6 heteroatoms. The van der Waals surface area contributed by atoms with Crippen LogP contribution in [-0.2, 0) is 0 Å². The number of rotatable bonds is 6. The van der Waals surface area contributed by atoms with Gasteiger partial charge in [0.05, 0.1) is 24.0 Å². The van der Waals surface area contributed by atoms with Crippen molar-refractivity contribution < 1.29 is 14.3 Å². The minimum atomic E-state index is -0.330. The van der Waals surface area contributed by atoms with Crippen molar-refractivity contribution in [2.24, 2.45) is 0 Å². The van der Waals surface area contributed by atoms with Crippen molar-refractivity contribution in [3.63, 3.8) is 0 Å². The Bertz CT molecular complexity index is 747. The number of anilines is 1. The molecule has 25 heavy (non-hydrogen) atoms. The fourth-order valence-corrected chi connectivity index (χ4v) is 2.39. The fourth-order valence-electron chi connectivity index (χ4n) is 2.19. The summed E-state index contributed by atoms with van der Waals surface area (Å²) in [6.07, 6.45) is 0.0317. The van der Waals surface area contributed by atoms with E-state index in [2.05, 4.69) is 10.6 Å². The SMILES string of the molecule is CCOc1ccccc1C(=O)NC(=S)Nc1ccccc1OC(C)C. The van der Waals surface area contributed by atoms with Crippen LogP contribution in [0.5, 0.6) is 11.5 Å². The molecular weight excluding hydrogens is 336 g/mol. The van der Waals surface area contributed by atoms with Gasteiger partial charge in [-0.05, 0) is 57.3 Å². The summed E-state index contributed by atoms with van der Waals surface area (Å²) in [4.78, 5) is 12.5. The molecule has 0 aliphatic heterocycles. The normalized spacial score (nSPS) is 10.2. The highest BCUT2D eigenvalue weighted by Crippen LogP contribution is 2.25. The lowest BCUT2D eigenvalue weighted by Crippen LogP contribution is -2.34. The predicted molar refractivity (Wildman–Crippen MR) is 104 cm³/mol. The molecule has 0 radical (unpaired) electrons. The highest BCUT2D eigenvalue weighted by molar-refractivity contribution is 7.80. The maximum absolute atomic E-state index is 12.5. The lowest BCUT2D eigenvalue weighted by molar-refractivity contribution is 0.0974. The summed E-state index contributed by atoms with van der Waals surface area (Å²) in [5, 5.41) is 5.86. The van der Waals surface area contributed by atoms with Crippen LogP contribution in [0.15, 0.2) is 48.5 Å². The molecule has 0 saturated carbocycles. The van der Waals surface area contributed by atoms with E-state index in [1.807, 2.05) is 51.1 Å². The summed E-state index contributed by atoms with van der Waals surface area (Å²) >= 11 is 5.25. The lowest BCUT2D eigenvalue weighted by Gasteiger charge is -2.16. The van der Waals surface area contributed by atoms with Gasteiger partial charge in [0.25, 0.3) is 5.91 Å². The van der Waals surface area contributed by atoms with E-state index in [1.54, 1.807) is 18.2 Å². The van der Waals surface area contributed by atoms with Crippen molar-refractivity contribution in [3.8, 4) is 11.5 Å². The second-order valence-corrected chi connectivity index (χ2v) is 5.91. The minimum absolute atomic E-state index is 0.0317. The van der Waals surface area contributed by atoms with Crippen molar-refractivity contribution in [1.82, 2.24) is 5.32 Å². The van der Waals surface area contributed by atoms with E-state index in [-0.39, 0.29) is 17.1 Å². The van der Waals surface area contributed by atoms with Crippen molar-refractivity contribution in [3.05, 3.63) is 54.1 Å². The molecule has 0 fully saturated rings. The number of carbonyl (C=O) groups is 1. The first-order chi connectivity index (χ1) is 12.0. The highest BCUT2D eigenvalue weighted by Gasteiger charge is 2.14. The first-order valence-electron chi connectivity index (χ1n) is 8.11. The van der Waals surface area contributed by atoms with Gasteiger partial charge in [-0.1, -0.05) is 24.3 Å². The third-order valence-electron chi connectivity index (χ3n) is 3.16. The van der Waals surface area contributed by atoms with Gasteiger partial charge in [0.15, 0.2) is 5.11 Å². The zero-order chi connectivity index (χ0) is 18.2. The number of nitrogens with one attached hydrogen (secondary N) is 2. The van der Waals surface area contributed by atoms with Crippen LogP contribution in [0, 0.1) is 0 Å². The van der Waals surface area contributed by atoms with Crippen LogP contribution >= 0.6 is 12.2 Å². The topological polar surface area (TPSA) is 59.6 Å². The first kappa shape index (κ1) is 18.7. The van der Waals surface area contributed by atoms with E-state index in [9.17, 15) is 4.79 Å². The molecule has 0 aliphatic carbocycles. The average Bonchev–Trinajstić information content (AvgIpc) is 2.57. The summed E-state index contributed by atoms with van der Waals surface area (Å²) in [7, 11) is 0. The maximum atomic E-state index is 12.5. The Morgan fingerprint density at radius 2 is 1.72 bits per heavy atom. The molecular formula is C19H22N2O3S. The molecule has 1 amide bonds. The summed E-state index contributed by atoms with van der Waals surface area (Å²) in [5.41, 5.74) is 1.12. The largest absolute Gasteiger partial charge is 0.493 e. The van der Waals surface area contributed by atoms with Crippen LogP contribution in [0.1, 0.15) is 31.1 Å². The molecule has 2 aromatic carbocycles. The Balaban J connectivity index is 2.07. The van der Waals surface area contributed by atoms with Gasteiger partial charge in [-0.15, -0.1) is 0 Å². The van der Waals surface area contributed by atoms with Gasteiger partial charge in [0.1, 0.15) is 11.5 Å². The number of ether oxygens (including phenoxy) is 2. The number of benzene rings is 2. The van der Waals surface area contributed by atoms with E-state index in [0.717, 1.165) is 0 Å². The highest BCUT2D eigenvalue weighted by atomic mass is 32.1. The van der Waals surface area contributed by atoms with E-state index in [4.69, 9.17) is 21.7 Å². The second kappa shape index (κ2) is 9.03. The first-order valence-corrected chi connectivity index (χ1v) is 8.52. The molecule has 0 saturated heterocycles. The van der Waals surface area contributed by atoms with Crippen molar-refractivity contribution in [2.45, 2.75) is 26.9 Å². The molecule has 0 bridgehead atoms. The Kier molecular flexibility index (Phi) is 6.77. The summed E-state index contributed by atoms with van der Waals surface area (Å²) in [6.45, 7) is 6.24. The third-order valence-corrected chi connectivity index (χ3v) is 3.36. The lowest BCUT2D eigenvalue weighted by atomic mass is 10.2. The summed E-state index contributed by atoms with van der Waals surface area (Å²) < 4.78 is 11.2. The standard InChI is InChI=1S/C19H22N2O3S/c1-4-23-16-11-7-5-9-14(16)18(22)21-19(25)20-15-10-6-8-12-17(15)24-13(2)3/h5-13H,4H2,1-3H3,(H2,20,21,22,25). The molecule has 2 aromatic rings. The van der Waals surface area contributed by atoms with Crippen LogP contribution in [0.25, 0.3) is 0 Å². The zero-order valence-electron chi connectivity index (χ0n) is 14.5. The number of hydrogen-bond acceptors (Lipinski definition) is 4.